The zero-order valence-corrected chi connectivity index (χ0v) is 11.2. The number of hydrogen-bond acceptors (Lipinski definition) is 5. The second-order valence-electron chi connectivity index (χ2n) is 5.03. The fourth-order valence-corrected chi connectivity index (χ4v) is 2.23. The fourth-order valence-electron chi connectivity index (χ4n) is 2.23. The molecule has 1 aliphatic carbocycles. The van der Waals surface area contributed by atoms with Crippen molar-refractivity contribution in [3.8, 4) is 17.2 Å². The SMILES string of the molecule is C=CCOc1ccccc1-c1nc(C2(N)CCC2)no1. The first-order valence-corrected chi connectivity index (χ1v) is 6.69. The Kier molecular flexibility index (Phi) is 3.28. The van der Waals surface area contributed by atoms with Gasteiger partial charge < -0.3 is 15.0 Å². The number of nitrogens with zero attached hydrogens (tertiary/aromatic N) is 2. The predicted octanol–water partition coefficient (Wildman–Crippen LogP) is 2.64. The molecule has 0 spiro atoms. The van der Waals surface area contributed by atoms with Gasteiger partial charge in [0.1, 0.15) is 12.4 Å². The highest BCUT2D eigenvalue weighted by Crippen LogP contribution is 2.38. The van der Waals surface area contributed by atoms with Gasteiger partial charge in [-0.3, -0.25) is 0 Å². The molecule has 0 radical (unpaired) electrons. The van der Waals surface area contributed by atoms with Gasteiger partial charge in [-0.05, 0) is 31.4 Å². The third-order valence-corrected chi connectivity index (χ3v) is 3.59. The third-order valence-electron chi connectivity index (χ3n) is 3.59. The van der Waals surface area contributed by atoms with E-state index in [1.807, 2.05) is 24.3 Å². The maximum atomic E-state index is 6.20. The van der Waals surface area contributed by atoms with E-state index in [1.165, 1.54) is 0 Å². The molecule has 1 aliphatic rings. The van der Waals surface area contributed by atoms with Crippen LogP contribution in [0.5, 0.6) is 5.75 Å². The average Bonchev–Trinajstić information content (AvgIpc) is 2.93. The molecule has 1 heterocycles. The van der Waals surface area contributed by atoms with Crippen LogP contribution in [0.1, 0.15) is 25.1 Å². The Morgan fingerprint density at radius 2 is 2.20 bits per heavy atom. The molecule has 5 nitrogen and oxygen atoms in total. The largest absolute Gasteiger partial charge is 0.489 e. The molecule has 2 aromatic rings. The summed E-state index contributed by atoms with van der Waals surface area (Å²) < 4.78 is 10.9. The number of nitrogens with two attached hydrogens (primary N) is 1. The van der Waals surface area contributed by atoms with Crippen LogP contribution in [0.15, 0.2) is 41.4 Å². The topological polar surface area (TPSA) is 74.2 Å². The molecule has 1 saturated carbocycles. The van der Waals surface area contributed by atoms with Crippen molar-refractivity contribution < 1.29 is 9.26 Å². The molecule has 1 fully saturated rings. The molecule has 3 rings (SSSR count). The van der Waals surface area contributed by atoms with Gasteiger partial charge in [0, 0.05) is 0 Å². The summed E-state index contributed by atoms with van der Waals surface area (Å²) >= 11 is 0. The summed E-state index contributed by atoms with van der Waals surface area (Å²) in [4.78, 5) is 4.43. The normalized spacial score (nSPS) is 16.4. The minimum absolute atomic E-state index is 0.418. The van der Waals surface area contributed by atoms with Gasteiger partial charge in [-0.1, -0.05) is 29.9 Å². The Balaban J connectivity index is 1.91. The molecule has 0 aliphatic heterocycles. The molecule has 0 bridgehead atoms. The van der Waals surface area contributed by atoms with E-state index in [1.54, 1.807) is 6.08 Å². The highest BCUT2D eigenvalue weighted by atomic mass is 16.5. The zero-order chi connectivity index (χ0) is 14.0. The first kappa shape index (κ1) is 12.9. The fraction of sp³-hybridized carbons (Fsp3) is 0.333. The summed E-state index contributed by atoms with van der Waals surface area (Å²) in [5.74, 6) is 1.72. The van der Waals surface area contributed by atoms with Crippen molar-refractivity contribution in [3.05, 3.63) is 42.7 Å². The Morgan fingerprint density at radius 1 is 1.40 bits per heavy atom. The second kappa shape index (κ2) is 5.09. The van der Waals surface area contributed by atoms with E-state index in [-0.39, 0.29) is 0 Å². The number of rotatable bonds is 5. The minimum atomic E-state index is -0.418. The van der Waals surface area contributed by atoms with Crippen molar-refractivity contribution in [1.29, 1.82) is 0 Å². The van der Waals surface area contributed by atoms with Crippen LogP contribution >= 0.6 is 0 Å². The highest BCUT2D eigenvalue weighted by Gasteiger charge is 2.39. The highest BCUT2D eigenvalue weighted by molar-refractivity contribution is 5.62. The molecule has 0 amide bonds. The number of aromatic nitrogens is 2. The Bertz CT molecular complexity index is 617. The number of hydrogen-bond donors (Lipinski definition) is 1. The molecule has 2 N–H and O–H groups in total. The molecule has 1 aromatic carbocycles. The van der Waals surface area contributed by atoms with Crippen LogP contribution in [0, 0.1) is 0 Å². The number of benzene rings is 1. The van der Waals surface area contributed by atoms with E-state index >= 15 is 0 Å². The van der Waals surface area contributed by atoms with E-state index < -0.39 is 5.54 Å². The average molecular weight is 271 g/mol. The molecule has 104 valence electrons. The van der Waals surface area contributed by atoms with Crippen LogP contribution in [-0.2, 0) is 5.54 Å². The predicted molar refractivity (Wildman–Crippen MR) is 75.1 cm³/mol. The lowest BCUT2D eigenvalue weighted by molar-refractivity contribution is 0.229. The van der Waals surface area contributed by atoms with Crippen molar-refractivity contribution in [2.75, 3.05) is 6.61 Å². The van der Waals surface area contributed by atoms with Crippen molar-refractivity contribution in [2.45, 2.75) is 24.8 Å². The lowest BCUT2D eigenvalue weighted by atomic mass is 9.77. The van der Waals surface area contributed by atoms with Gasteiger partial charge in [-0.25, -0.2) is 0 Å². The summed E-state index contributed by atoms with van der Waals surface area (Å²) in [6, 6.07) is 7.56. The van der Waals surface area contributed by atoms with Crippen LogP contribution < -0.4 is 10.5 Å². The van der Waals surface area contributed by atoms with Crippen molar-refractivity contribution in [2.24, 2.45) is 5.73 Å². The quantitative estimate of drug-likeness (QED) is 0.846. The van der Waals surface area contributed by atoms with E-state index in [9.17, 15) is 0 Å². The van der Waals surface area contributed by atoms with Crippen LogP contribution in [0.3, 0.4) is 0 Å². The van der Waals surface area contributed by atoms with Gasteiger partial charge >= 0.3 is 0 Å². The van der Waals surface area contributed by atoms with Crippen LogP contribution in [-0.4, -0.2) is 16.7 Å². The Hall–Kier alpha value is -2.14. The molecule has 20 heavy (non-hydrogen) atoms. The van der Waals surface area contributed by atoms with Gasteiger partial charge in [0.25, 0.3) is 5.89 Å². The van der Waals surface area contributed by atoms with Crippen LogP contribution in [0.2, 0.25) is 0 Å². The molecule has 1 aromatic heterocycles. The number of para-hydroxylation sites is 1. The number of ether oxygens (including phenoxy) is 1. The van der Waals surface area contributed by atoms with Gasteiger partial charge in [0.2, 0.25) is 0 Å². The molecule has 0 atom stereocenters. The third kappa shape index (κ3) is 2.20. The first-order valence-electron chi connectivity index (χ1n) is 6.69. The van der Waals surface area contributed by atoms with Crippen molar-refractivity contribution >= 4 is 0 Å². The summed E-state index contributed by atoms with van der Waals surface area (Å²) in [6.45, 7) is 4.07. The zero-order valence-electron chi connectivity index (χ0n) is 11.2. The smallest absolute Gasteiger partial charge is 0.261 e. The summed E-state index contributed by atoms with van der Waals surface area (Å²) in [5, 5.41) is 4.02. The maximum absolute atomic E-state index is 6.20. The van der Waals surface area contributed by atoms with Crippen molar-refractivity contribution in [3.63, 3.8) is 0 Å². The van der Waals surface area contributed by atoms with E-state index in [0.29, 0.717) is 24.1 Å². The monoisotopic (exact) mass is 271 g/mol. The Morgan fingerprint density at radius 3 is 2.90 bits per heavy atom. The lowest BCUT2D eigenvalue weighted by Crippen LogP contribution is -2.44. The van der Waals surface area contributed by atoms with Crippen LogP contribution in [0.25, 0.3) is 11.5 Å². The van der Waals surface area contributed by atoms with E-state index in [0.717, 1.165) is 24.8 Å². The van der Waals surface area contributed by atoms with E-state index in [2.05, 4.69) is 16.7 Å². The molecular weight excluding hydrogens is 254 g/mol. The molecular formula is C15H17N3O2. The maximum Gasteiger partial charge on any atom is 0.261 e. The molecule has 0 unspecified atom stereocenters. The van der Waals surface area contributed by atoms with Gasteiger partial charge in [0.05, 0.1) is 11.1 Å². The summed E-state index contributed by atoms with van der Waals surface area (Å²) in [6.07, 6.45) is 4.61. The van der Waals surface area contributed by atoms with Crippen molar-refractivity contribution in [1.82, 2.24) is 10.1 Å². The first-order chi connectivity index (χ1) is 9.73. The molecule has 5 heteroatoms. The standard InChI is InChI=1S/C15H17N3O2/c1-2-10-19-12-7-4-3-6-11(12)13-17-14(18-20-13)15(16)8-5-9-15/h2-4,6-7H,1,5,8-10,16H2. The van der Waals surface area contributed by atoms with Gasteiger partial charge in [-0.2, -0.15) is 4.98 Å². The van der Waals surface area contributed by atoms with Gasteiger partial charge in [-0.15, -0.1) is 0 Å². The van der Waals surface area contributed by atoms with Crippen LogP contribution in [0.4, 0.5) is 0 Å². The summed E-state index contributed by atoms with van der Waals surface area (Å²) in [7, 11) is 0. The lowest BCUT2D eigenvalue weighted by Gasteiger charge is -2.34. The minimum Gasteiger partial charge on any atom is -0.489 e. The Labute approximate surface area is 117 Å². The van der Waals surface area contributed by atoms with Gasteiger partial charge in [0.15, 0.2) is 5.82 Å². The summed E-state index contributed by atoms with van der Waals surface area (Å²) in [5.41, 5.74) is 6.56. The molecule has 0 saturated heterocycles. The second-order valence-corrected chi connectivity index (χ2v) is 5.03. The van der Waals surface area contributed by atoms with E-state index in [4.69, 9.17) is 15.0 Å².